The van der Waals surface area contributed by atoms with Crippen LogP contribution >= 0.6 is 47.2 Å². The number of hydrogen-bond donors (Lipinski definition) is 2. The van der Waals surface area contributed by atoms with Crippen LogP contribution in [-0.2, 0) is 0 Å². The highest BCUT2D eigenvalue weighted by molar-refractivity contribution is 8.13. The van der Waals surface area contributed by atoms with Crippen molar-refractivity contribution in [3.63, 3.8) is 0 Å². The van der Waals surface area contributed by atoms with E-state index in [1.807, 2.05) is 30.5 Å². The smallest absolute Gasteiger partial charge is 0.104 e. The highest BCUT2D eigenvalue weighted by Gasteiger charge is 1.98. The maximum Gasteiger partial charge on any atom is 0.104 e. The molecule has 0 aromatic heterocycles. The number of hydrogen-bond acceptors (Lipinski definition) is 3. The summed E-state index contributed by atoms with van der Waals surface area (Å²) in [6.45, 7) is 0. The number of nitrogens with two attached hydrogens (primary N) is 1. The zero-order valence-electron chi connectivity index (χ0n) is 11.3. The van der Waals surface area contributed by atoms with Crippen molar-refractivity contribution in [2.24, 2.45) is 5.73 Å². The SMILES string of the molecule is C.CSC(=N)c1cccc(Cl)c1.NC(=S)c1cccc(Cl)c1. The van der Waals surface area contributed by atoms with Gasteiger partial charge in [0.1, 0.15) is 4.99 Å². The molecular weight excluding hydrogens is 355 g/mol. The monoisotopic (exact) mass is 372 g/mol. The summed E-state index contributed by atoms with van der Waals surface area (Å²) in [4.78, 5) is 0.377. The molecule has 3 N–H and O–H groups in total. The van der Waals surface area contributed by atoms with Gasteiger partial charge in [-0.15, -0.1) is 11.8 Å². The molecule has 0 heterocycles. The van der Waals surface area contributed by atoms with Gasteiger partial charge >= 0.3 is 0 Å². The molecule has 0 atom stereocenters. The van der Waals surface area contributed by atoms with Gasteiger partial charge in [-0.2, -0.15) is 0 Å². The van der Waals surface area contributed by atoms with E-state index < -0.39 is 0 Å². The van der Waals surface area contributed by atoms with Crippen LogP contribution < -0.4 is 5.73 Å². The fourth-order valence-corrected chi connectivity index (χ4v) is 2.26. The average Bonchev–Trinajstić information content (AvgIpc) is 2.47. The molecule has 0 aliphatic heterocycles. The zero-order chi connectivity index (χ0) is 15.8. The van der Waals surface area contributed by atoms with Crippen molar-refractivity contribution in [2.75, 3.05) is 6.26 Å². The maximum absolute atomic E-state index is 7.48. The molecule has 2 aromatic carbocycles. The van der Waals surface area contributed by atoms with E-state index in [-0.39, 0.29) is 7.43 Å². The molecule has 0 aliphatic carbocycles. The maximum atomic E-state index is 7.48. The first-order valence-electron chi connectivity index (χ1n) is 5.88. The summed E-state index contributed by atoms with van der Waals surface area (Å²) in [6, 6.07) is 14.5. The van der Waals surface area contributed by atoms with Crippen LogP contribution in [0.4, 0.5) is 0 Å². The van der Waals surface area contributed by atoms with Crippen LogP contribution in [0, 0.1) is 5.41 Å². The molecule has 0 amide bonds. The van der Waals surface area contributed by atoms with Gasteiger partial charge in [-0.1, -0.05) is 67.1 Å². The van der Waals surface area contributed by atoms with Gasteiger partial charge in [-0.3, -0.25) is 5.41 Å². The Hall–Kier alpha value is -1.07. The first kappa shape index (κ1) is 20.9. The molecule has 0 saturated carbocycles. The van der Waals surface area contributed by atoms with Crippen LogP contribution in [0.5, 0.6) is 0 Å². The second-order valence-corrected chi connectivity index (χ2v) is 6.05. The molecule has 2 nitrogen and oxygen atoms in total. The van der Waals surface area contributed by atoms with Gasteiger partial charge in [0.25, 0.3) is 0 Å². The molecule has 0 unspecified atom stereocenters. The van der Waals surface area contributed by atoms with Crippen molar-refractivity contribution < 1.29 is 0 Å². The largest absolute Gasteiger partial charge is 0.389 e. The molecule has 0 bridgehead atoms. The van der Waals surface area contributed by atoms with Gasteiger partial charge in [-0.05, 0) is 30.5 Å². The molecule has 22 heavy (non-hydrogen) atoms. The van der Waals surface area contributed by atoms with Crippen LogP contribution in [0.1, 0.15) is 18.6 Å². The third kappa shape index (κ3) is 7.27. The minimum atomic E-state index is 0. The quantitative estimate of drug-likeness (QED) is 0.407. The number of thioether (sulfide) groups is 1. The Morgan fingerprint density at radius 2 is 1.50 bits per heavy atom. The Bertz CT molecular complexity index is 646. The van der Waals surface area contributed by atoms with E-state index in [0.717, 1.165) is 11.1 Å². The predicted molar refractivity (Wildman–Crippen MR) is 106 cm³/mol. The summed E-state index contributed by atoms with van der Waals surface area (Å²) >= 11 is 17.6. The van der Waals surface area contributed by atoms with E-state index in [2.05, 4.69) is 0 Å². The highest BCUT2D eigenvalue weighted by Crippen LogP contribution is 2.14. The third-order valence-corrected chi connectivity index (χ3v) is 3.75. The molecule has 0 spiro atoms. The lowest BCUT2D eigenvalue weighted by molar-refractivity contribution is 1.53. The number of thiocarbonyl (C=S) groups is 1. The molecule has 0 fully saturated rings. The first-order chi connectivity index (χ1) is 9.93. The summed E-state index contributed by atoms with van der Waals surface area (Å²) in [5.74, 6) is 0. The number of halogens is 2. The lowest BCUT2D eigenvalue weighted by atomic mass is 10.2. The van der Waals surface area contributed by atoms with E-state index in [1.165, 1.54) is 11.8 Å². The normalized spacial score (nSPS) is 9.05. The minimum absolute atomic E-state index is 0. The standard InChI is InChI=1S/C8H8ClNS.C7H6ClNS.CH4/c1-11-8(10)6-3-2-4-7(9)5-6;8-6-3-1-2-5(4-6)7(9)10;/h2-5,10H,1H3;1-4H,(H2,9,10);1H4. The van der Waals surface area contributed by atoms with E-state index in [0.29, 0.717) is 20.1 Å². The topological polar surface area (TPSA) is 49.9 Å². The number of nitrogens with one attached hydrogen (secondary N) is 1. The molecule has 2 rings (SSSR count). The van der Waals surface area contributed by atoms with Gasteiger partial charge in [0, 0.05) is 21.2 Å². The van der Waals surface area contributed by atoms with Gasteiger partial charge in [0.05, 0.1) is 5.04 Å². The van der Waals surface area contributed by atoms with Gasteiger partial charge in [0.15, 0.2) is 0 Å². The van der Waals surface area contributed by atoms with E-state index in [4.69, 9.17) is 46.6 Å². The highest BCUT2D eigenvalue weighted by atomic mass is 35.5. The zero-order valence-corrected chi connectivity index (χ0v) is 14.4. The van der Waals surface area contributed by atoms with Gasteiger partial charge in [-0.25, -0.2) is 0 Å². The van der Waals surface area contributed by atoms with Crippen LogP contribution in [0.3, 0.4) is 0 Å². The molecule has 6 heteroatoms. The summed E-state index contributed by atoms with van der Waals surface area (Å²) in [5.41, 5.74) is 7.04. The van der Waals surface area contributed by atoms with Crippen molar-refractivity contribution >= 4 is 57.2 Å². The number of benzene rings is 2. The fourth-order valence-electron chi connectivity index (χ4n) is 1.39. The Kier molecular flexibility index (Phi) is 10.1. The van der Waals surface area contributed by atoms with Crippen LogP contribution in [-0.4, -0.2) is 16.3 Å². The predicted octanol–water partition coefficient (Wildman–Crippen LogP) is 5.64. The molecule has 2 aromatic rings. The van der Waals surface area contributed by atoms with E-state index in [9.17, 15) is 0 Å². The third-order valence-electron chi connectivity index (χ3n) is 2.40. The molecular formula is C16H18Cl2N2S2. The van der Waals surface area contributed by atoms with Gasteiger partial charge < -0.3 is 5.73 Å². The second-order valence-electron chi connectivity index (χ2n) is 3.92. The molecule has 0 saturated heterocycles. The first-order valence-corrected chi connectivity index (χ1v) is 8.26. The van der Waals surface area contributed by atoms with Crippen LogP contribution in [0.15, 0.2) is 48.5 Å². The minimum Gasteiger partial charge on any atom is -0.389 e. The van der Waals surface area contributed by atoms with Crippen molar-refractivity contribution in [2.45, 2.75) is 7.43 Å². The molecule has 118 valence electrons. The molecule has 0 radical (unpaired) electrons. The Morgan fingerprint density at radius 3 is 1.86 bits per heavy atom. The number of rotatable bonds is 2. The Labute approximate surface area is 151 Å². The summed E-state index contributed by atoms with van der Waals surface area (Å²) < 4.78 is 0. The summed E-state index contributed by atoms with van der Waals surface area (Å²) in [5, 5.41) is 9.37. The van der Waals surface area contributed by atoms with E-state index >= 15 is 0 Å². The molecule has 0 aliphatic rings. The second kappa shape index (κ2) is 10.6. The Balaban J connectivity index is 0.000000385. The average molecular weight is 373 g/mol. The van der Waals surface area contributed by atoms with Gasteiger partial charge in [0.2, 0.25) is 0 Å². The van der Waals surface area contributed by atoms with E-state index in [1.54, 1.807) is 24.3 Å². The van der Waals surface area contributed by atoms with Crippen LogP contribution in [0.25, 0.3) is 0 Å². The van der Waals surface area contributed by atoms with Crippen LogP contribution in [0.2, 0.25) is 10.0 Å². The Morgan fingerprint density at radius 1 is 1.05 bits per heavy atom. The fraction of sp³-hybridized carbons (Fsp3) is 0.125. The van der Waals surface area contributed by atoms with Crippen molar-refractivity contribution in [3.8, 4) is 0 Å². The lowest BCUT2D eigenvalue weighted by Crippen LogP contribution is -2.08. The lowest BCUT2D eigenvalue weighted by Gasteiger charge is -1.99. The van der Waals surface area contributed by atoms with Crippen molar-refractivity contribution in [1.82, 2.24) is 0 Å². The van der Waals surface area contributed by atoms with Crippen molar-refractivity contribution in [3.05, 3.63) is 69.7 Å². The summed E-state index contributed by atoms with van der Waals surface area (Å²) in [6.07, 6.45) is 1.88. The van der Waals surface area contributed by atoms with Crippen molar-refractivity contribution in [1.29, 1.82) is 5.41 Å². The summed E-state index contributed by atoms with van der Waals surface area (Å²) in [7, 11) is 0.